The molecule has 34 heavy (non-hydrogen) atoms. The lowest BCUT2D eigenvalue weighted by atomic mass is 10.2. The molecule has 4 aliphatic rings. The highest BCUT2D eigenvalue weighted by atomic mass is 16.5. The lowest BCUT2D eigenvalue weighted by Crippen LogP contribution is -2.47. The molecule has 4 fully saturated rings. The average molecular weight is 484 g/mol. The summed E-state index contributed by atoms with van der Waals surface area (Å²) in [6.07, 6.45) is 4.24. The molecule has 0 radical (unpaired) electrons. The van der Waals surface area contributed by atoms with Crippen LogP contribution in [0.15, 0.2) is 0 Å². The summed E-state index contributed by atoms with van der Waals surface area (Å²) in [6, 6.07) is 2.98. The van der Waals surface area contributed by atoms with E-state index in [-0.39, 0.29) is 0 Å². The Balaban J connectivity index is 0.000000228. The molecule has 4 aliphatic heterocycles. The van der Waals surface area contributed by atoms with Crippen molar-refractivity contribution < 1.29 is 4.74 Å². The molecule has 204 valence electrons. The van der Waals surface area contributed by atoms with Gasteiger partial charge in [-0.25, -0.2) is 0 Å². The average Bonchev–Trinajstić information content (AvgIpc) is 3.30. The largest absolute Gasteiger partial charge is 0.379 e. The lowest BCUT2D eigenvalue weighted by Gasteiger charge is -2.34. The van der Waals surface area contributed by atoms with E-state index in [0.717, 1.165) is 44.4 Å². The maximum Gasteiger partial charge on any atom is 0.0594 e. The number of likely N-dealkylation sites (N-methyl/N-ethyl adjacent to an activating group) is 1. The highest BCUT2D eigenvalue weighted by molar-refractivity contribution is 4.72. The van der Waals surface area contributed by atoms with Crippen molar-refractivity contribution in [3.8, 4) is 0 Å². The van der Waals surface area contributed by atoms with Crippen molar-refractivity contribution in [1.29, 1.82) is 0 Å². The van der Waals surface area contributed by atoms with E-state index >= 15 is 0 Å². The summed E-state index contributed by atoms with van der Waals surface area (Å²) in [7, 11) is 2.19. The second kappa shape index (κ2) is 18.1. The fourth-order valence-corrected chi connectivity index (χ4v) is 4.55. The molecule has 4 saturated heterocycles. The summed E-state index contributed by atoms with van der Waals surface area (Å²) in [5.41, 5.74) is 0. The van der Waals surface area contributed by atoms with Crippen molar-refractivity contribution in [2.75, 3.05) is 85.7 Å². The van der Waals surface area contributed by atoms with Crippen LogP contribution >= 0.6 is 0 Å². The quantitative estimate of drug-likeness (QED) is 0.600. The van der Waals surface area contributed by atoms with Crippen LogP contribution in [-0.2, 0) is 4.74 Å². The summed E-state index contributed by atoms with van der Waals surface area (Å²) in [5.74, 6) is 0. The van der Waals surface area contributed by atoms with Crippen molar-refractivity contribution in [3.63, 3.8) is 0 Å². The summed E-state index contributed by atoms with van der Waals surface area (Å²) in [4.78, 5) is 12.3. The van der Waals surface area contributed by atoms with Gasteiger partial charge < -0.3 is 19.4 Å². The maximum absolute atomic E-state index is 5.21. The molecule has 0 aromatic rings. The highest BCUT2D eigenvalue weighted by Crippen LogP contribution is 2.10. The van der Waals surface area contributed by atoms with E-state index in [1.807, 2.05) is 0 Å². The van der Waals surface area contributed by atoms with Crippen molar-refractivity contribution >= 4 is 0 Å². The molecule has 6 heteroatoms. The molecule has 0 aromatic heterocycles. The Labute approximate surface area is 213 Å². The molecule has 0 aliphatic carbocycles. The summed E-state index contributed by atoms with van der Waals surface area (Å²) >= 11 is 0. The zero-order valence-corrected chi connectivity index (χ0v) is 24.6. The number of nitrogens with zero attached hydrogens (tertiary/aromatic N) is 5. The van der Waals surface area contributed by atoms with E-state index in [1.54, 1.807) is 0 Å². The van der Waals surface area contributed by atoms with Crippen LogP contribution in [0.4, 0.5) is 0 Å². The van der Waals surface area contributed by atoms with Gasteiger partial charge in [0, 0.05) is 63.4 Å². The first-order valence-corrected chi connectivity index (χ1v) is 14.3. The van der Waals surface area contributed by atoms with Crippen LogP contribution in [0, 0.1) is 0 Å². The van der Waals surface area contributed by atoms with Gasteiger partial charge in [-0.3, -0.25) is 9.80 Å². The van der Waals surface area contributed by atoms with Crippen LogP contribution in [-0.4, -0.2) is 134 Å². The Bertz CT molecular complexity index is 461. The van der Waals surface area contributed by atoms with Crippen molar-refractivity contribution in [2.24, 2.45) is 0 Å². The van der Waals surface area contributed by atoms with E-state index in [9.17, 15) is 0 Å². The Hall–Kier alpha value is -0.240. The van der Waals surface area contributed by atoms with Crippen molar-refractivity contribution in [1.82, 2.24) is 24.5 Å². The molecule has 0 atom stereocenters. The van der Waals surface area contributed by atoms with E-state index in [2.05, 4.69) is 86.9 Å². The number of hydrogen-bond donors (Lipinski definition) is 0. The van der Waals surface area contributed by atoms with E-state index in [1.165, 1.54) is 71.6 Å². The first-order valence-electron chi connectivity index (χ1n) is 14.3. The molecule has 6 nitrogen and oxygen atoms in total. The smallest absolute Gasteiger partial charge is 0.0594 e. The first kappa shape index (κ1) is 31.8. The third kappa shape index (κ3) is 13.7. The summed E-state index contributed by atoms with van der Waals surface area (Å²) < 4.78 is 5.21. The third-order valence-electron chi connectivity index (χ3n) is 7.54. The standard InChI is InChI=1S/C8H18N2.C7H15NO.C7H15N.C6H13N/c1-8(2)10-6-4-9(3)5-7-10;1-7(2)8-3-5-9-6-4-8;1-7(2)8-5-3-4-6-8;1-6(2)7-4-3-5-7/h8H,4-7H2,1-3H3;7H,3-6H2,1-2H3;7H,3-6H2,1-2H3;6H,3-5H2,1-2H3. The van der Waals surface area contributed by atoms with Gasteiger partial charge in [-0.1, -0.05) is 0 Å². The minimum atomic E-state index is 0.689. The van der Waals surface area contributed by atoms with Gasteiger partial charge >= 0.3 is 0 Å². The molecule has 0 bridgehead atoms. The predicted octanol–water partition coefficient (Wildman–Crippen LogP) is 3.96. The topological polar surface area (TPSA) is 25.4 Å². The number of piperazine rings is 1. The van der Waals surface area contributed by atoms with E-state index < -0.39 is 0 Å². The SMILES string of the molecule is CC(C)N1CCC1.CC(C)N1CCCC1.CC(C)N1CCN(C)CC1.CC(C)N1CCOCC1. The van der Waals surface area contributed by atoms with Crippen LogP contribution in [0.5, 0.6) is 0 Å². The van der Waals surface area contributed by atoms with Gasteiger partial charge in [0.1, 0.15) is 0 Å². The van der Waals surface area contributed by atoms with Crippen LogP contribution in [0.2, 0.25) is 0 Å². The van der Waals surface area contributed by atoms with Crippen molar-refractivity contribution in [3.05, 3.63) is 0 Å². The van der Waals surface area contributed by atoms with Gasteiger partial charge in [0.15, 0.2) is 0 Å². The number of likely N-dealkylation sites (tertiary alicyclic amines) is 2. The van der Waals surface area contributed by atoms with Crippen LogP contribution in [0.25, 0.3) is 0 Å². The molecule has 0 saturated carbocycles. The monoisotopic (exact) mass is 483 g/mol. The minimum absolute atomic E-state index is 0.689. The summed E-state index contributed by atoms with van der Waals surface area (Å²) in [6.45, 7) is 32.4. The Kier molecular flexibility index (Phi) is 16.9. The minimum Gasteiger partial charge on any atom is -0.379 e. The molecule has 0 unspecified atom stereocenters. The number of hydrogen-bond acceptors (Lipinski definition) is 6. The molecule has 4 heterocycles. The van der Waals surface area contributed by atoms with Gasteiger partial charge in [0.05, 0.1) is 13.2 Å². The Morgan fingerprint density at radius 1 is 0.412 bits per heavy atom. The van der Waals surface area contributed by atoms with E-state index in [4.69, 9.17) is 4.74 Å². The second-order valence-corrected chi connectivity index (χ2v) is 11.5. The van der Waals surface area contributed by atoms with Crippen LogP contribution in [0.1, 0.15) is 74.7 Å². The molecule has 4 rings (SSSR count). The third-order valence-corrected chi connectivity index (χ3v) is 7.54. The van der Waals surface area contributed by atoms with Gasteiger partial charge in [0.2, 0.25) is 0 Å². The fourth-order valence-electron chi connectivity index (χ4n) is 4.55. The van der Waals surface area contributed by atoms with Crippen LogP contribution < -0.4 is 0 Å². The zero-order chi connectivity index (χ0) is 25.5. The van der Waals surface area contributed by atoms with Gasteiger partial charge in [-0.05, 0) is 108 Å². The molecule has 0 aromatic carbocycles. The zero-order valence-electron chi connectivity index (χ0n) is 24.6. The molecule has 0 amide bonds. The highest BCUT2D eigenvalue weighted by Gasteiger charge is 2.16. The maximum atomic E-state index is 5.21. The Morgan fingerprint density at radius 3 is 1.00 bits per heavy atom. The number of rotatable bonds is 4. The van der Waals surface area contributed by atoms with E-state index in [0.29, 0.717) is 6.04 Å². The summed E-state index contributed by atoms with van der Waals surface area (Å²) in [5, 5.41) is 0. The van der Waals surface area contributed by atoms with Crippen LogP contribution in [0.3, 0.4) is 0 Å². The predicted molar refractivity (Wildman–Crippen MR) is 149 cm³/mol. The molecular formula is C28H61N5O. The fraction of sp³-hybridized carbons (Fsp3) is 1.00. The number of ether oxygens (including phenoxy) is 1. The Morgan fingerprint density at radius 2 is 0.735 bits per heavy atom. The lowest BCUT2D eigenvalue weighted by molar-refractivity contribution is 0.0238. The first-order chi connectivity index (χ1) is 16.1. The molecule has 0 N–H and O–H groups in total. The number of morpholine rings is 1. The van der Waals surface area contributed by atoms with Gasteiger partial charge in [-0.15, -0.1) is 0 Å². The normalized spacial score (nSPS) is 23.2. The van der Waals surface area contributed by atoms with Gasteiger partial charge in [-0.2, -0.15) is 0 Å². The van der Waals surface area contributed by atoms with Crippen molar-refractivity contribution in [2.45, 2.75) is 98.8 Å². The molecular weight excluding hydrogens is 422 g/mol. The van der Waals surface area contributed by atoms with Gasteiger partial charge in [0.25, 0.3) is 0 Å². The molecule has 0 spiro atoms. The second-order valence-electron chi connectivity index (χ2n) is 11.5.